The molecule has 1 aliphatic rings. The maximum atomic E-state index is 10.2. The first-order chi connectivity index (χ1) is 4.74. The van der Waals surface area contributed by atoms with Crippen molar-refractivity contribution in [1.82, 2.24) is 4.90 Å². The molecule has 1 rings (SSSR count). The first-order valence-electron chi connectivity index (χ1n) is 3.03. The lowest BCUT2D eigenvalue weighted by molar-refractivity contribution is 0.0193. The number of hydrogen-bond donors (Lipinski definition) is 2. The summed E-state index contributed by atoms with van der Waals surface area (Å²) in [6, 6.07) is 0. The van der Waals surface area contributed by atoms with Gasteiger partial charge in [-0.3, -0.25) is 0 Å². The van der Waals surface area contributed by atoms with E-state index in [4.69, 9.17) is 11.0 Å². The summed E-state index contributed by atoms with van der Waals surface area (Å²) in [5, 5.41) is 8.37. The fourth-order valence-corrected chi connectivity index (χ4v) is 0.968. The summed E-state index contributed by atoms with van der Waals surface area (Å²) in [4.78, 5) is 15.9. The predicted molar refractivity (Wildman–Crippen MR) is 33.2 cm³/mol. The van der Waals surface area contributed by atoms with Crippen LogP contribution < -0.4 is 5.90 Å². The van der Waals surface area contributed by atoms with Gasteiger partial charge in [0.25, 0.3) is 0 Å². The highest BCUT2D eigenvalue weighted by atomic mass is 16.6. The van der Waals surface area contributed by atoms with E-state index >= 15 is 0 Å². The molecule has 1 heterocycles. The summed E-state index contributed by atoms with van der Waals surface area (Å²) in [6.45, 7) is 1.54. The summed E-state index contributed by atoms with van der Waals surface area (Å²) in [7, 11) is 0. The lowest BCUT2D eigenvalue weighted by Gasteiger charge is -2.36. The number of amides is 1. The Labute approximate surface area is 58.3 Å². The second-order valence-corrected chi connectivity index (χ2v) is 2.39. The number of likely N-dealkylation sites (tertiary alicyclic amines) is 1. The molecule has 0 unspecified atom stereocenters. The summed E-state index contributed by atoms with van der Waals surface area (Å²) < 4.78 is 0. The average Bonchev–Trinajstić information content (AvgIpc) is 1.76. The Hall–Kier alpha value is -0.810. The van der Waals surface area contributed by atoms with Crippen LogP contribution in [0, 0.1) is 5.92 Å². The molecule has 1 fully saturated rings. The zero-order chi connectivity index (χ0) is 7.56. The highest BCUT2D eigenvalue weighted by Gasteiger charge is 2.30. The molecule has 0 atom stereocenters. The van der Waals surface area contributed by atoms with Crippen LogP contribution in [0.5, 0.6) is 0 Å². The molecule has 0 spiro atoms. The van der Waals surface area contributed by atoms with E-state index in [0.29, 0.717) is 25.6 Å². The fourth-order valence-electron chi connectivity index (χ4n) is 0.968. The van der Waals surface area contributed by atoms with Gasteiger partial charge in [0.05, 0.1) is 6.61 Å². The van der Waals surface area contributed by atoms with Crippen LogP contribution in [0.1, 0.15) is 0 Å². The summed E-state index contributed by atoms with van der Waals surface area (Å²) >= 11 is 0. The molecule has 0 aromatic rings. The van der Waals surface area contributed by atoms with Crippen molar-refractivity contribution in [3.05, 3.63) is 0 Å². The molecule has 0 aromatic carbocycles. The molecule has 10 heavy (non-hydrogen) atoms. The molecule has 1 saturated heterocycles. The largest absolute Gasteiger partial charge is 0.465 e. The van der Waals surface area contributed by atoms with Gasteiger partial charge in [-0.25, -0.2) is 10.7 Å². The van der Waals surface area contributed by atoms with E-state index in [0.717, 1.165) is 0 Å². The first kappa shape index (κ1) is 7.30. The van der Waals surface area contributed by atoms with Crippen LogP contribution in [-0.2, 0) is 4.84 Å². The van der Waals surface area contributed by atoms with E-state index in [9.17, 15) is 4.79 Å². The number of rotatable bonds is 2. The van der Waals surface area contributed by atoms with Crippen LogP contribution in [0.4, 0.5) is 4.79 Å². The van der Waals surface area contributed by atoms with Crippen LogP contribution in [0.2, 0.25) is 0 Å². The molecule has 1 amide bonds. The van der Waals surface area contributed by atoms with Crippen molar-refractivity contribution in [3.8, 4) is 0 Å². The standard InChI is InChI=1S/C5H10N2O3/c6-10-3-4-1-7(2-4)5(8)9/h4H,1-3,6H2,(H,8,9). The minimum atomic E-state index is -0.867. The van der Waals surface area contributed by atoms with Gasteiger partial charge < -0.3 is 14.8 Å². The van der Waals surface area contributed by atoms with E-state index in [1.807, 2.05) is 0 Å². The predicted octanol–water partition coefficient (Wildman–Crippen LogP) is -0.514. The van der Waals surface area contributed by atoms with Crippen LogP contribution >= 0.6 is 0 Å². The van der Waals surface area contributed by atoms with Gasteiger partial charge in [0.1, 0.15) is 0 Å². The number of nitrogens with zero attached hydrogens (tertiary/aromatic N) is 1. The Morgan fingerprint density at radius 1 is 1.80 bits per heavy atom. The van der Waals surface area contributed by atoms with Crippen LogP contribution in [0.3, 0.4) is 0 Å². The Morgan fingerprint density at radius 3 is 2.80 bits per heavy atom. The number of carboxylic acid groups (broad SMARTS) is 1. The van der Waals surface area contributed by atoms with Crippen LogP contribution in [-0.4, -0.2) is 35.8 Å². The van der Waals surface area contributed by atoms with Crippen molar-refractivity contribution in [2.45, 2.75) is 0 Å². The number of hydrogen-bond acceptors (Lipinski definition) is 3. The topological polar surface area (TPSA) is 75.8 Å². The zero-order valence-electron chi connectivity index (χ0n) is 5.49. The molecule has 0 saturated carbocycles. The minimum absolute atomic E-state index is 0.293. The van der Waals surface area contributed by atoms with Crippen LogP contribution in [0.15, 0.2) is 0 Å². The maximum Gasteiger partial charge on any atom is 0.407 e. The van der Waals surface area contributed by atoms with Gasteiger partial charge in [-0.05, 0) is 0 Å². The van der Waals surface area contributed by atoms with Gasteiger partial charge in [0.15, 0.2) is 0 Å². The normalized spacial score (nSPS) is 18.7. The third-order valence-corrected chi connectivity index (χ3v) is 1.56. The van der Waals surface area contributed by atoms with Gasteiger partial charge in [-0.2, -0.15) is 0 Å². The summed E-state index contributed by atoms with van der Waals surface area (Å²) in [5.41, 5.74) is 0. The van der Waals surface area contributed by atoms with Crippen molar-refractivity contribution in [3.63, 3.8) is 0 Å². The Kier molecular flexibility index (Phi) is 2.08. The smallest absolute Gasteiger partial charge is 0.407 e. The molecule has 0 radical (unpaired) electrons. The highest BCUT2D eigenvalue weighted by molar-refractivity contribution is 5.65. The first-order valence-corrected chi connectivity index (χ1v) is 3.03. The van der Waals surface area contributed by atoms with E-state index in [1.54, 1.807) is 0 Å². The van der Waals surface area contributed by atoms with Crippen molar-refractivity contribution < 1.29 is 14.7 Å². The summed E-state index contributed by atoms with van der Waals surface area (Å²) in [5.74, 6) is 5.09. The van der Waals surface area contributed by atoms with E-state index in [-0.39, 0.29) is 0 Å². The fraction of sp³-hybridized carbons (Fsp3) is 0.800. The third kappa shape index (κ3) is 1.37. The Morgan fingerprint density at radius 2 is 2.40 bits per heavy atom. The third-order valence-electron chi connectivity index (χ3n) is 1.56. The van der Waals surface area contributed by atoms with Gasteiger partial charge >= 0.3 is 6.09 Å². The zero-order valence-corrected chi connectivity index (χ0v) is 5.49. The Balaban J connectivity index is 2.12. The van der Waals surface area contributed by atoms with Crippen molar-refractivity contribution in [2.75, 3.05) is 19.7 Å². The monoisotopic (exact) mass is 146 g/mol. The lowest BCUT2D eigenvalue weighted by Crippen LogP contribution is -2.51. The average molecular weight is 146 g/mol. The number of carbonyl (C=O) groups is 1. The number of nitrogens with two attached hydrogens (primary N) is 1. The quantitative estimate of drug-likeness (QED) is 0.514. The van der Waals surface area contributed by atoms with Crippen LogP contribution in [0.25, 0.3) is 0 Å². The molecule has 0 aliphatic carbocycles. The second-order valence-electron chi connectivity index (χ2n) is 2.39. The maximum absolute atomic E-state index is 10.2. The van der Waals surface area contributed by atoms with Crippen molar-refractivity contribution >= 4 is 6.09 Å². The van der Waals surface area contributed by atoms with Gasteiger partial charge in [-0.1, -0.05) is 0 Å². The van der Waals surface area contributed by atoms with Crippen molar-refractivity contribution in [1.29, 1.82) is 0 Å². The lowest BCUT2D eigenvalue weighted by atomic mass is 10.0. The molecule has 3 N–H and O–H groups in total. The molecular weight excluding hydrogens is 136 g/mol. The molecule has 0 bridgehead atoms. The minimum Gasteiger partial charge on any atom is -0.465 e. The SMILES string of the molecule is NOCC1CN(C(=O)O)C1. The molecule has 1 aliphatic heterocycles. The molecule has 58 valence electrons. The molecule has 5 heteroatoms. The molecular formula is C5H10N2O3. The van der Waals surface area contributed by atoms with E-state index < -0.39 is 6.09 Å². The van der Waals surface area contributed by atoms with Gasteiger partial charge in [0, 0.05) is 19.0 Å². The van der Waals surface area contributed by atoms with Gasteiger partial charge in [-0.15, -0.1) is 0 Å². The Bertz CT molecular complexity index is 133. The summed E-state index contributed by atoms with van der Waals surface area (Å²) in [6.07, 6.45) is -0.867. The van der Waals surface area contributed by atoms with Gasteiger partial charge in [0.2, 0.25) is 0 Å². The van der Waals surface area contributed by atoms with E-state index in [1.165, 1.54) is 4.90 Å². The van der Waals surface area contributed by atoms with E-state index in [2.05, 4.69) is 4.84 Å². The molecule has 0 aromatic heterocycles. The molecule has 5 nitrogen and oxygen atoms in total. The highest BCUT2D eigenvalue weighted by Crippen LogP contribution is 2.14. The van der Waals surface area contributed by atoms with Crippen molar-refractivity contribution in [2.24, 2.45) is 11.8 Å². The second kappa shape index (κ2) is 2.85.